The molecule has 10 heteroatoms. The van der Waals surface area contributed by atoms with Crippen LogP contribution in [0, 0.1) is 3.57 Å². The molecule has 1 N–H and O–H groups in total. The molecule has 0 unspecified atom stereocenters. The van der Waals surface area contributed by atoms with Crippen LogP contribution >= 0.6 is 34.2 Å². The lowest BCUT2D eigenvalue weighted by molar-refractivity contribution is -0.139. The summed E-state index contributed by atoms with van der Waals surface area (Å²) in [5.41, 5.74) is 1.04. The van der Waals surface area contributed by atoms with Crippen molar-refractivity contribution in [3.63, 3.8) is 0 Å². The van der Waals surface area contributed by atoms with Crippen LogP contribution in [0.1, 0.15) is 25.8 Å². The van der Waals surface area contributed by atoms with Gasteiger partial charge in [-0.25, -0.2) is 8.42 Å². The van der Waals surface area contributed by atoms with E-state index in [9.17, 15) is 18.0 Å². The normalized spacial score (nSPS) is 12.2. The molecule has 2 amide bonds. The fourth-order valence-electron chi connectivity index (χ4n) is 3.01. The number of hydrogen-bond acceptors (Lipinski definition) is 4. The van der Waals surface area contributed by atoms with E-state index in [-0.39, 0.29) is 12.5 Å². The summed E-state index contributed by atoms with van der Waals surface area (Å²) in [7, 11) is -3.74. The Hall–Kier alpha value is -1.85. The van der Waals surface area contributed by atoms with E-state index in [4.69, 9.17) is 11.6 Å². The monoisotopic (exact) mass is 591 g/mol. The minimum atomic E-state index is -3.74. The quantitative estimate of drug-likeness (QED) is 0.428. The fourth-order valence-corrected chi connectivity index (χ4v) is 4.41. The number of rotatable bonds is 10. The highest BCUT2D eigenvalue weighted by Gasteiger charge is 2.30. The number of sulfonamides is 1. The summed E-state index contributed by atoms with van der Waals surface area (Å²) < 4.78 is 27.0. The number of hydrogen-bond donors (Lipinski definition) is 1. The molecular formula is C22H27ClIN3O4S. The molecule has 0 heterocycles. The predicted octanol–water partition coefficient (Wildman–Crippen LogP) is 3.65. The van der Waals surface area contributed by atoms with Gasteiger partial charge in [0.2, 0.25) is 21.8 Å². The van der Waals surface area contributed by atoms with E-state index >= 15 is 0 Å². The van der Waals surface area contributed by atoms with Crippen molar-refractivity contribution in [2.45, 2.75) is 32.9 Å². The molecule has 0 radical (unpaired) electrons. The number of nitrogens with zero attached hydrogens (tertiary/aromatic N) is 2. The van der Waals surface area contributed by atoms with Gasteiger partial charge in [0, 0.05) is 21.7 Å². The van der Waals surface area contributed by atoms with Gasteiger partial charge in [-0.05, 0) is 71.8 Å². The van der Waals surface area contributed by atoms with Gasteiger partial charge in [0.05, 0.1) is 11.9 Å². The van der Waals surface area contributed by atoms with Gasteiger partial charge in [0.1, 0.15) is 12.6 Å². The second-order valence-corrected chi connectivity index (χ2v) is 10.9. The van der Waals surface area contributed by atoms with Crippen molar-refractivity contribution in [3.8, 4) is 0 Å². The fraction of sp³-hybridized carbons (Fsp3) is 0.364. The van der Waals surface area contributed by atoms with Crippen LogP contribution in [0.15, 0.2) is 48.5 Å². The lowest BCUT2D eigenvalue weighted by Gasteiger charge is -2.31. The van der Waals surface area contributed by atoms with Crippen molar-refractivity contribution in [1.29, 1.82) is 0 Å². The van der Waals surface area contributed by atoms with E-state index in [1.807, 2.05) is 6.92 Å². The minimum absolute atomic E-state index is 0.0729. The van der Waals surface area contributed by atoms with Crippen molar-refractivity contribution >= 4 is 61.7 Å². The third-order valence-electron chi connectivity index (χ3n) is 4.81. The van der Waals surface area contributed by atoms with Crippen molar-refractivity contribution < 1.29 is 18.0 Å². The molecule has 0 saturated carbocycles. The molecule has 0 aromatic heterocycles. The van der Waals surface area contributed by atoms with Gasteiger partial charge < -0.3 is 10.2 Å². The summed E-state index contributed by atoms with van der Waals surface area (Å²) in [5, 5.41) is 3.25. The van der Waals surface area contributed by atoms with Crippen molar-refractivity contribution in [3.05, 3.63) is 62.7 Å². The SMILES string of the molecule is CCCNC(=O)[C@@H](C)N(Cc1ccccc1Cl)C(=O)CN(c1ccc(I)cc1)S(C)(=O)=O. The molecule has 0 aliphatic rings. The van der Waals surface area contributed by atoms with Crippen molar-refractivity contribution in [1.82, 2.24) is 10.2 Å². The first-order valence-corrected chi connectivity index (χ1v) is 13.4. The van der Waals surface area contributed by atoms with Gasteiger partial charge in [0.15, 0.2) is 0 Å². The van der Waals surface area contributed by atoms with Crippen LogP contribution in [0.5, 0.6) is 0 Å². The first kappa shape index (κ1) is 26.4. The van der Waals surface area contributed by atoms with Crippen LogP contribution in [0.25, 0.3) is 0 Å². The van der Waals surface area contributed by atoms with Gasteiger partial charge in [-0.2, -0.15) is 0 Å². The molecule has 0 aliphatic heterocycles. The standard InChI is InChI=1S/C22H27ClIN3O4S/c1-4-13-25-22(29)16(2)26(14-17-7-5-6-8-20(17)23)21(28)15-27(32(3,30)31)19-11-9-18(24)10-12-19/h5-12,16H,4,13-15H2,1-3H3,(H,25,29)/t16-/m1/s1. The summed E-state index contributed by atoms with van der Waals surface area (Å²) in [6, 6.07) is 13.0. The van der Waals surface area contributed by atoms with Crippen molar-refractivity contribution in [2.75, 3.05) is 23.7 Å². The minimum Gasteiger partial charge on any atom is -0.354 e. The van der Waals surface area contributed by atoms with Gasteiger partial charge in [0.25, 0.3) is 0 Å². The third-order valence-corrected chi connectivity index (χ3v) is 7.04. The van der Waals surface area contributed by atoms with Crippen LogP contribution in [-0.4, -0.2) is 50.5 Å². The number of carbonyl (C=O) groups is 2. The molecule has 0 bridgehead atoms. The molecule has 7 nitrogen and oxygen atoms in total. The number of carbonyl (C=O) groups excluding carboxylic acids is 2. The van der Waals surface area contributed by atoms with E-state index in [1.54, 1.807) is 55.5 Å². The van der Waals surface area contributed by atoms with Gasteiger partial charge in [-0.1, -0.05) is 36.7 Å². The summed E-state index contributed by atoms with van der Waals surface area (Å²) in [6.07, 6.45) is 1.81. The highest BCUT2D eigenvalue weighted by Crippen LogP contribution is 2.22. The van der Waals surface area contributed by atoms with E-state index in [1.165, 1.54) is 4.90 Å². The van der Waals surface area contributed by atoms with E-state index < -0.39 is 28.5 Å². The number of nitrogens with one attached hydrogen (secondary N) is 1. The zero-order chi connectivity index (χ0) is 23.9. The average molecular weight is 592 g/mol. The van der Waals surface area contributed by atoms with E-state index in [2.05, 4.69) is 27.9 Å². The number of halogens is 2. The van der Waals surface area contributed by atoms with Crippen LogP contribution in [-0.2, 0) is 26.2 Å². The van der Waals surface area contributed by atoms with Crippen LogP contribution < -0.4 is 9.62 Å². The summed E-state index contributed by atoms with van der Waals surface area (Å²) >= 11 is 8.40. The molecule has 0 saturated heterocycles. The maximum absolute atomic E-state index is 13.4. The second-order valence-electron chi connectivity index (χ2n) is 7.33. The highest BCUT2D eigenvalue weighted by atomic mass is 127. The molecule has 1 atom stereocenters. The lowest BCUT2D eigenvalue weighted by atomic mass is 10.1. The summed E-state index contributed by atoms with van der Waals surface area (Å²) in [6.45, 7) is 3.67. The zero-order valence-electron chi connectivity index (χ0n) is 18.2. The first-order chi connectivity index (χ1) is 15.0. The Morgan fingerprint density at radius 3 is 2.31 bits per heavy atom. The molecule has 2 rings (SSSR count). The Morgan fingerprint density at radius 2 is 1.75 bits per heavy atom. The maximum atomic E-state index is 13.4. The Labute approximate surface area is 208 Å². The second kappa shape index (κ2) is 11.9. The Bertz CT molecular complexity index is 1050. The van der Waals surface area contributed by atoms with Gasteiger partial charge in [-0.3, -0.25) is 13.9 Å². The molecule has 0 spiro atoms. The Balaban J connectivity index is 2.37. The Kier molecular flexibility index (Phi) is 9.78. The summed E-state index contributed by atoms with van der Waals surface area (Å²) in [5.74, 6) is -0.819. The first-order valence-electron chi connectivity index (χ1n) is 10.1. The number of benzene rings is 2. The van der Waals surface area contributed by atoms with Crippen molar-refractivity contribution in [2.24, 2.45) is 0 Å². The number of anilines is 1. The highest BCUT2D eigenvalue weighted by molar-refractivity contribution is 14.1. The average Bonchev–Trinajstić information content (AvgIpc) is 2.74. The third kappa shape index (κ3) is 7.35. The lowest BCUT2D eigenvalue weighted by Crippen LogP contribution is -2.51. The molecule has 2 aromatic rings. The smallest absolute Gasteiger partial charge is 0.244 e. The molecule has 174 valence electrons. The molecule has 0 aliphatic carbocycles. The molecule has 2 aromatic carbocycles. The Morgan fingerprint density at radius 1 is 1.12 bits per heavy atom. The molecule has 0 fully saturated rings. The molecular weight excluding hydrogens is 565 g/mol. The molecule has 32 heavy (non-hydrogen) atoms. The maximum Gasteiger partial charge on any atom is 0.244 e. The largest absolute Gasteiger partial charge is 0.354 e. The van der Waals surface area contributed by atoms with Crippen LogP contribution in [0.4, 0.5) is 5.69 Å². The van der Waals surface area contributed by atoms with Crippen LogP contribution in [0.2, 0.25) is 5.02 Å². The topological polar surface area (TPSA) is 86.8 Å². The van der Waals surface area contributed by atoms with E-state index in [0.29, 0.717) is 22.8 Å². The predicted molar refractivity (Wildman–Crippen MR) is 136 cm³/mol. The van der Waals surface area contributed by atoms with E-state index in [0.717, 1.165) is 20.6 Å². The summed E-state index contributed by atoms with van der Waals surface area (Å²) in [4.78, 5) is 27.4. The zero-order valence-corrected chi connectivity index (χ0v) is 21.9. The number of amides is 2. The van der Waals surface area contributed by atoms with Gasteiger partial charge >= 0.3 is 0 Å². The van der Waals surface area contributed by atoms with Crippen LogP contribution in [0.3, 0.4) is 0 Å². The van der Waals surface area contributed by atoms with Gasteiger partial charge in [-0.15, -0.1) is 0 Å².